The van der Waals surface area contributed by atoms with E-state index in [-0.39, 0.29) is 0 Å². The summed E-state index contributed by atoms with van der Waals surface area (Å²) in [6.45, 7) is 7.26. The van der Waals surface area contributed by atoms with Crippen molar-refractivity contribution in [3.63, 3.8) is 0 Å². The van der Waals surface area contributed by atoms with Crippen LogP contribution in [0.25, 0.3) is 0 Å². The number of nitrogens with zero attached hydrogens (tertiary/aromatic N) is 4. The number of rotatable bonds is 9. The monoisotopic (exact) mass is 279 g/mol. The molecule has 2 rings (SSSR count). The van der Waals surface area contributed by atoms with E-state index in [0.29, 0.717) is 0 Å². The highest BCUT2D eigenvalue weighted by molar-refractivity contribution is 4.91. The van der Waals surface area contributed by atoms with Crippen LogP contribution in [0.1, 0.15) is 44.7 Å². The Hall–Kier alpha value is -0.940. The average Bonchev–Trinajstić information content (AvgIpc) is 3.08. The molecule has 1 aliphatic rings. The zero-order valence-corrected chi connectivity index (χ0v) is 13.0. The van der Waals surface area contributed by atoms with Gasteiger partial charge in [-0.15, -0.1) is 5.10 Å². The van der Waals surface area contributed by atoms with Crippen LogP contribution in [0.3, 0.4) is 0 Å². The molecule has 0 aliphatic heterocycles. The molecule has 114 valence electrons. The molecule has 0 saturated heterocycles. The molecule has 1 aliphatic carbocycles. The van der Waals surface area contributed by atoms with Crippen molar-refractivity contribution in [1.29, 1.82) is 0 Å². The third-order valence-electron chi connectivity index (χ3n) is 4.07. The van der Waals surface area contributed by atoms with Crippen LogP contribution in [0.5, 0.6) is 0 Å². The average molecular weight is 279 g/mol. The summed E-state index contributed by atoms with van der Waals surface area (Å²) < 4.78 is 1.97. The number of nitrogens with one attached hydrogen (secondary N) is 1. The van der Waals surface area contributed by atoms with Crippen molar-refractivity contribution in [2.45, 2.75) is 52.1 Å². The number of hydrogen-bond donors (Lipinski definition) is 1. The zero-order valence-electron chi connectivity index (χ0n) is 13.0. The van der Waals surface area contributed by atoms with Gasteiger partial charge in [-0.25, -0.2) is 0 Å². The largest absolute Gasteiger partial charge is 0.311 e. The van der Waals surface area contributed by atoms with Crippen molar-refractivity contribution in [3.8, 4) is 0 Å². The fourth-order valence-corrected chi connectivity index (χ4v) is 2.92. The van der Waals surface area contributed by atoms with Gasteiger partial charge in [-0.2, -0.15) is 0 Å². The van der Waals surface area contributed by atoms with Gasteiger partial charge < -0.3 is 10.2 Å². The van der Waals surface area contributed by atoms with Crippen molar-refractivity contribution in [2.24, 2.45) is 5.92 Å². The van der Waals surface area contributed by atoms with E-state index in [9.17, 15) is 0 Å². The molecular weight excluding hydrogens is 250 g/mol. The van der Waals surface area contributed by atoms with Gasteiger partial charge in [-0.05, 0) is 38.8 Å². The Morgan fingerprint density at radius 2 is 2.20 bits per heavy atom. The van der Waals surface area contributed by atoms with Gasteiger partial charge in [0.05, 0.1) is 12.2 Å². The quantitative estimate of drug-likeness (QED) is 0.701. The van der Waals surface area contributed by atoms with E-state index in [1.165, 1.54) is 32.2 Å². The molecule has 0 radical (unpaired) electrons. The molecule has 0 atom stereocenters. The highest BCUT2D eigenvalue weighted by atomic mass is 15.4. The van der Waals surface area contributed by atoms with Crippen LogP contribution in [0.15, 0.2) is 6.20 Å². The number of aromatic nitrogens is 3. The van der Waals surface area contributed by atoms with Gasteiger partial charge in [0, 0.05) is 25.8 Å². The second kappa shape index (κ2) is 8.37. The fourth-order valence-electron chi connectivity index (χ4n) is 2.92. The Labute approximate surface area is 122 Å². The molecule has 0 spiro atoms. The molecule has 1 heterocycles. The van der Waals surface area contributed by atoms with Crippen LogP contribution >= 0.6 is 0 Å². The van der Waals surface area contributed by atoms with E-state index >= 15 is 0 Å². The topological polar surface area (TPSA) is 46.0 Å². The van der Waals surface area contributed by atoms with Gasteiger partial charge in [0.2, 0.25) is 0 Å². The van der Waals surface area contributed by atoms with Crippen LogP contribution in [0.2, 0.25) is 0 Å². The maximum Gasteiger partial charge on any atom is 0.0964 e. The minimum absolute atomic E-state index is 0.825. The predicted molar refractivity (Wildman–Crippen MR) is 81.5 cm³/mol. The Kier molecular flexibility index (Phi) is 6.47. The first-order valence-electron chi connectivity index (χ1n) is 8.06. The summed E-state index contributed by atoms with van der Waals surface area (Å²) in [5, 5.41) is 11.8. The van der Waals surface area contributed by atoms with Crippen LogP contribution in [-0.2, 0) is 13.1 Å². The molecule has 1 fully saturated rings. The fraction of sp³-hybridized carbons (Fsp3) is 0.867. The Morgan fingerprint density at radius 3 is 2.95 bits per heavy atom. The zero-order chi connectivity index (χ0) is 14.2. The number of likely N-dealkylation sites (N-methyl/N-ethyl adjacent to an activating group) is 1. The van der Waals surface area contributed by atoms with Gasteiger partial charge in [0.1, 0.15) is 0 Å². The van der Waals surface area contributed by atoms with E-state index in [4.69, 9.17) is 0 Å². The molecule has 0 bridgehead atoms. The normalized spacial score (nSPS) is 16.4. The summed E-state index contributed by atoms with van der Waals surface area (Å²) in [5.41, 5.74) is 1.04. The first-order valence-corrected chi connectivity index (χ1v) is 8.06. The maximum atomic E-state index is 4.20. The minimum atomic E-state index is 0.825. The molecule has 0 unspecified atom stereocenters. The van der Waals surface area contributed by atoms with E-state index in [1.54, 1.807) is 0 Å². The minimum Gasteiger partial charge on any atom is -0.311 e. The molecule has 0 aromatic carbocycles. The summed E-state index contributed by atoms with van der Waals surface area (Å²) >= 11 is 0. The van der Waals surface area contributed by atoms with Crippen molar-refractivity contribution in [3.05, 3.63) is 11.9 Å². The van der Waals surface area contributed by atoms with Gasteiger partial charge >= 0.3 is 0 Å². The van der Waals surface area contributed by atoms with E-state index in [1.807, 2.05) is 4.68 Å². The molecule has 5 nitrogen and oxygen atoms in total. The summed E-state index contributed by atoms with van der Waals surface area (Å²) in [7, 11) is 2.22. The lowest BCUT2D eigenvalue weighted by Gasteiger charge is -2.20. The second-order valence-electron chi connectivity index (χ2n) is 6.06. The molecule has 20 heavy (non-hydrogen) atoms. The summed E-state index contributed by atoms with van der Waals surface area (Å²) in [4.78, 5) is 2.44. The molecule has 0 amide bonds. The van der Waals surface area contributed by atoms with Gasteiger partial charge in [0.25, 0.3) is 0 Å². The first kappa shape index (κ1) is 15.4. The predicted octanol–water partition coefficient (Wildman–Crippen LogP) is 1.90. The third-order valence-corrected chi connectivity index (χ3v) is 4.07. The van der Waals surface area contributed by atoms with Crippen LogP contribution < -0.4 is 5.32 Å². The van der Waals surface area contributed by atoms with Gasteiger partial charge in [0.15, 0.2) is 0 Å². The number of hydrogen-bond acceptors (Lipinski definition) is 4. The summed E-state index contributed by atoms with van der Waals surface area (Å²) in [6.07, 6.45) is 8.90. The van der Waals surface area contributed by atoms with E-state index in [2.05, 4.69) is 40.7 Å². The summed E-state index contributed by atoms with van der Waals surface area (Å²) in [5.74, 6) is 0.921. The molecule has 1 saturated carbocycles. The van der Waals surface area contributed by atoms with Crippen LogP contribution in [0.4, 0.5) is 0 Å². The highest BCUT2D eigenvalue weighted by Crippen LogP contribution is 2.24. The van der Waals surface area contributed by atoms with Gasteiger partial charge in [-0.3, -0.25) is 4.68 Å². The Bertz CT molecular complexity index is 370. The standard InChI is InChI=1S/C15H29N5/c1-3-8-16-11-15-13-20(18-17-15)10-9-19(2)12-14-6-4-5-7-14/h13-14,16H,3-12H2,1-2H3. The highest BCUT2D eigenvalue weighted by Gasteiger charge is 2.16. The third kappa shape index (κ3) is 5.21. The lowest BCUT2D eigenvalue weighted by Crippen LogP contribution is -2.28. The Balaban J connectivity index is 1.65. The SMILES string of the molecule is CCCNCc1cn(CCN(C)CC2CCCC2)nn1. The van der Waals surface area contributed by atoms with Crippen LogP contribution in [-0.4, -0.2) is 46.6 Å². The molecule has 1 aromatic rings. The molecule has 5 heteroatoms. The van der Waals surface area contributed by atoms with Crippen molar-refractivity contribution >= 4 is 0 Å². The molecule has 1 N–H and O–H groups in total. The van der Waals surface area contributed by atoms with E-state index in [0.717, 1.165) is 44.2 Å². The molecule has 1 aromatic heterocycles. The second-order valence-corrected chi connectivity index (χ2v) is 6.06. The van der Waals surface area contributed by atoms with Crippen LogP contribution in [0, 0.1) is 5.92 Å². The first-order chi connectivity index (χ1) is 9.78. The van der Waals surface area contributed by atoms with E-state index < -0.39 is 0 Å². The lowest BCUT2D eigenvalue weighted by molar-refractivity contribution is 0.263. The van der Waals surface area contributed by atoms with Gasteiger partial charge in [-0.1, -0.05) is 25.0 Å². The maximum absolute atomic E-state index is 4.20. The molecular formula is C15H29N5. The van der Waals surface area contributed by atoms with Crippen molar-refractivity contribution in [2.75, 3.05) is 26.7 Å². The van der Waals surface area contributed by atoms with Crippen molar-refractivity contribution < 1.29 is 0 Å². The summed E-state index contributed by atoms with van der Waals surface area (Å²) in [6, 6.07) is 0. The Morgan fingerprint density at radius 1 is 1.40 bits per heavy atom. The van der Waals surface area contributed by atoms with Crippen molar-refractivity contribution in [1.82, 2.24) is 25.2 Å². The lowest BCUT2D eigenvalue weighted by atomic mass is 10.1. The smallest absolute Gasteiger partial charge is 0.0964 e.